The first-order valence-electron chi connectivity index (χ1n) is 4.10. The summed E-state index contributed by atoms with van der Waals surface area (Å²) in [4.78, 5) is 10.3. The number of phenols is 5. The highest BCUT2D eigenvalue weighted by Crippen LogP contribution is 2.51. The molecule has 1 aromatic rings. The van der Waals surface area contributed by atoms with E-state index < -0.39 is 46.0 Å². The number of carboxylic acid groups (broad SMARTS) is 1. The van der Waals surface area contributed by atoms with Crippen molar-refractivity contribution in [2.45, 2.75) is 0 Å². The Balaban J connectivity index is 3.56. The van der Waals surface area contributed by atoms with Gasteiger partial charge in [-0.1, -0.05) is 0 Å². The lowest BCUT2D eigenvalue weighted by Crippen LogP contribution is -1.98. The maximum absolute atomic E-state index is 10.3. The van der Waals surface area contributed by atoms with Crippen LogP contribution in [0.15, 0.2) is 5.76 Å². The van der Waals surface area contributed by atoms with E-state index >= 15 is 0 Å². The van der Waals surface area contributed by atoms with E-state index in [9.17, 15) is 15.0 Å². The first-order chi connectivity index (χ1) is 7.77. The van der Waals surface area contributed by atoms with Gasteiger partial charge in [-0.25, -0.2) is 4.79 Å². The number of rotatable bonds is 2. The van der Waals surface area contributed by atoms with Gasteiger partial charge in [0.25, 0.3) is 0 Å². The standard InChI is InChI=1S/C9H8O8/c10-3(9(16)17)1-2-4(11)6(13)8(15)7(14)5(2)12/h1,10-15H,(H,16,17)/b3-1-. The predicted molar refractivity (Wildman–Crippen MR) is 53.0 cm³/mol. The molecule has 8 heteroatoms. The van der Waals surface area contributed by atoms with E-state index in [4.69, 9.17) is 25.5 Å². The van der Waals surface area contributed by atoms with Gasteiger partial charge in [0, 0.05) is 6.08 Å². The molecule has 8 nitrogen and oxygen atoms in total. The Labute approximate surface area is 93.6 Å². The van der Waals surface area contributed by atoms with Gasteiger partial charge in [-0.05, 0) is 0 Å². The maximum Gasteiger partial charge on any atom is 0.370 e. The van der Waals surface area contributed by atoms with Gasteiger partial charge in [0.1, 0.15) is 0 Å². The lowest BCUT2D eigenvalue weighted by atomic mass is 10.1. The number of carbonyl (C=O) groups is 1. The summed E-state index contributed by atoms with van der Waals surface area (Å²) >= 11 is 0. The number of carboxylic acids is 1. The van der Waals surface area contributed by atoms with Crippen LogP contribution in [0.5, 0.6) is 28.7 Å². The molecule has 0 aliphatic heterocycles. The fourth-order valence-corrected chi connectivity index (χ4v) is 1.04. The Bertz CT molecular complexity index is 487. The summed E-state index contributed by atoms with van der Waals surface area (Å²) < 4.78 is 0. The van der Waals surface area contributed by atoms with Gasteiger partial charge >= 0.3 is 5.97 Å². The van der Waals surface area contributed by atoms with Gasteiger partial charge in [0.05, 0.1) is 5.56 Å². The molecule has 0 saturated heterocycles. The van der Waals surface area contributed by atoms with Crippen LogP contribution in [-0.2, 0) is 4.79 Å². The number of phenolic OH excluding ortho intramolecular Hbond substituents is 5. The first kappa shape index (κ1) is 12.3. The molecular weight excluding hydrogens is 236 g/mol. The molecule has 0 heterocycles. The van der Waals surface area contributed by atoms with Crippen molar-refractivity contribution in [1.82, 2.24) is 0 Å². The van der Waals surface area contributed by atoms with Crippen LogP contribution in [0.4, 0.5) is 0 Å². The second-order valence-corrected chi connectivity index (χ2v) is 2.99. The highest BCUT2D eigenvalue weighted by Gasteiger charge is 2.22. The largest absolute Gasteiger partial charge is 0.504 e. The normalized spacial score (nSPS) is 11.4. The van der Waals surface area contributed by atoms with E-state index in [0.29, 0.717) is 6.08 Å². The van der Waals surface area contributed by atoms with Crippen LogP contribution < -0.4 is 0 Å². The molecule has 7 N–H and O–H groups in total. The van der Waals surface area contributed by atoms with Crippen molar-refractivity contribution in [3.63, 3.8) is 0 Å². The van der Waals surface area contributed by atoms with E-state index in [1.165, 1.54) is 0 Å². The topological polar surface area (TPSA) is 159 Å². The number of hydrogen-bond acceptors (Lipinski definition) is 7. The molecule has 1 rings (SSSR count). The Morgan fingerprint density at radius 1 is 0.765 bits per heavy atom. The molecule has 0 saturated carbocycles. The fourth-order valence-electron chi connectivity index (χ4n) is 1.04. The van der Waals surface area contributed by atoms with Crippen molar-refractivity contribution in [1.29, 1.82) is 0 Å². The van der Waals surface area contributed by atoms with Gasteiger partial charge in [-0.15, -0.1) is 0 Å². The van der Waals surface area contributed by atoms with Crippen LogP contribution in [0.3, 0.4) is 0 Å². The molecule has 17 heavy (non-hydrogen) atoms. The Kier molecular flexibility index (Phi) is 2.90. The quantitative estimate of drug-likeness (QED) is 0.168. The van der Waals surface area contributed by atoms with Crippen molar-refractivity contribution in [2.24, 2.45) is 0 Å². The van der Waals surface area contributed by atoms with Gasteiger partial charge in [-0.2, -0.15) is 0 Å². The summed E-state index contributed by atoms with van der Waals surface area (Å²) in [5.74, 6) is -8.69. The number of aliphatic hydroxyl groups is 1. The average Bonchev–Trinajstić information content (AvgIpc) is 2.29. The summed E-state index contributed by atoms with van der Waals surface area (Å²) in [5.41, 5.74) is -0.752. The molecule has 0 aromatic heterocycles. The first-order valence-corrected chi connectivity index (χ1v) is 4.10. The molecule has 0 aliphatic rings. The molecule has 0 unspecified atom stereocenters. The molecule has 0 radical (unpaired) electrons. The summed E-state index contributed by atoms with van der Waals surface area (Å²) in [6.45, 7) is 0. The van der Waals surface area contributed by atoms with Crippen LogP contribution in [0.25, 0.3) is 6.08 Å². The molecule has 0 spiro atoms. The minimum Gasteiger partial charge on any atom is -0.504 e. The molecule has 0 amide bonds. The number of aliphatic carboxylic acids is 1. The van der Waals surface area contributed by atoms with E-state index in [2.05, 4.69) is 0 Å². The van der Waals surface area contributed by atoms with Crippen LogP contribution in [0, 0.1) is 0 Å². The summed E-state index contributed by atoms with van der Waals surface area (Å²) in [6.07, 6.45) is 0.395. The maximum atomic E-state index is 10.3. The van der Waals surface area contributed by atoms with Crippen molar-refractivity contribution in [2.75, 3.05) is 0 Å². The Morgan fingerprint density at radius 2 is 1.12 bits per heavy atom. The smallest absolute Gasteiger partial charge is 0.370 e. The summed E-state index contributed by atoms with van der Waals surface area (Å²) in [5, 5.41) is 63.1. The highest BCUT2D eigenvalue weighted by molar-refractivity contribution is 5.91. The van der Waals surface area contributed by atoms with Crippen molar-refractivity contribution < 1.29 is 40.5 Å². The zero-order chi connectivity index (χ0) is 13.3. The highest BCUT2D eigenvalue weighted by atomic mass is 16.4. The van der Waals surface area contributed by atoms with E-state index in [1.54, 1.807) is 0 Å². The second-order valence-electron chi connectivity index (χ2n) is 2.99. The molecule has 0 bridgehead atoms. The Morgan fingerprint density at radius 3 is 1.47 bits per heavy atom. The SMILES string of the molecule is O=C(O)/C(O)=C/c1c(O)c(O)c(O)c(O)c1O. The lowest BCUT2D eigenvalue weighted by Gasteiger charge is -2.09. The average molecular weight is 244 g/mol. The van der Waals surface area contributed by atoms with Gasteiger partial charge in [0.2, 0.25) is 23.0 Å². The number of benzene rings is 1. The van der Waals surface area contributed by atoms with Crippen molar-refractivity contribution >= 4 is 12.0 Å². The third-order valence-corrected chi connectivity index (χ3v) is 1.91. The van der Waals surface area contributed by atoms with Crippen molar-refractivity contribution in [3.8, 4) is 28.7 Å². The minimum absolute atomic E-state index is 0.395. The molecule has 1 aromatic carbocycles. The molecule has 0 fully saturated rings. The molecule has 92 valence electrons. The third kappa shape index (κ3) is 1.95. The molecular formula is C9H8O8. The monoisotopic (exact) mass is 244 g/mol. The summed E-state index contributed by atoms with van der Waals surface area (Å²) in [7, 11) is 0. The van der Waals surface area contributed by atoms with Gasteiger partial charge in [0.15, 0.2) is 11.5 Å². The minimum atomic E-state index is -1.75. The van der Waals surface area contributed by atoms with Crippen LogP contribution in [0.2, 0.25) is 0 Å². The van der Waals surface area contributed by atoms with Crippen LogP contribution >= 0.6 is 0 Å². The molecule has 0 aliphatic carbocycles. The van der Waals surface area contributed by atoms with Gasteiger partial charge in [-0.3, -0.25) is 0 Å². The van der Waals surface area contributed by atoms with E-state index in [-0.39, 0.29) is 0 Å². The molecule has 0 atom stereocenters. The Hall–Kier alpha value is -2.77. The number of hydrogen-bond donors (Lipinski definition) is 7. The van der Waals surface area contributed by atoms with Gasteiger partial charge < -0.3 is 35.7 Å². The van der Waals surface area contributed by atoms with E-state index in [0.717, 1.165) is 0 Å². The second kappa shape index (κ2) is 4.00. The predicted octanol–water partition coefficient (Wildman–Crippen LogP) is 0.198. The van der Waals surface area contributed by atoms with E-state index in [1.807, 2.05) is 0 Å². The third-order valence-electron chi connectivity index (χ3n) is 1.91. The zero-order valence-corrected chi connectivity index (χ0v) is 8.12. The van der Waals surface area contributed by atoms with Crippen LogP contribution in [0.1, 0.15) is 5.56 Å². The van der Waals surface area contributed by atoms with Crippen LogP contribution in [-0.4, -0.2) is 41.7 Å². The number of aliphatic hydroxyl groups excluding tert-OH is 1. The van der Waals surface area contributed by atoms with Crippen molar-refractivity contribution in [3.05, 3.63) is 11.3 Å². The lowest BCUT2D eigenvalue weighted by molar-refractivity contribution is -0.135. The fraction of sp³-hybridized carbons (Fsp3) is 0. The summed E-state index contributed by atoms with van der Waals surface area (Å²) in [6, 6.07) is 0. The zero-order valence-electron chi connectivity index (χ0n) is 8.12. The number of aromatic hydroxyl groups is 5.